The molecule has 5 nitrogen and oxygen atoms in total. The Morgan fingerprint density at radius 2 is 1.56 bits per heavy atom. The van der Waals surface area contributed by atoms with Crippen molar-refractivity contribution in [3.63, 3.8) is 0 Å². The second kappa shape index (κ2) is 9.92. The molecule has 0 aliphatic heterocycles. The first-order chi connectivity index (χ1) is 12.0. The average Bonchev–Trinajstić information content (AvgIpc) is 2.97. The van der Waals surface area contributed by atoms with E-state index in [1.54, 1.807) is 6.07 Å². The van der Waals surface area contributed by atoms with E-state index in [0.29, 0.717) is 5.52 Å². The number of hydrogen-bond acceptors (Lipinski definition) is 3. The lowest BCUT2D eigenvalue weighted by Crippen LogP contribution is -1.97. The number of benzene rings is 1. The average molecular weight is 367 g/mol. The minimum atomic E-state index is -4.17. The Hall–Kier alpha value is -1.40. The Kier molecular flexibility index (Phi) is 7.90. The smallest absolute Gasteiger partial charge is 0.294 e. The Bertz CT molecular complexity index is 753. The van der Waals surface area contributed by atoms with Gasteiger partial charge in [0.15, 0.2) is 0 Å². The van der Waals surface area contributed by atoms with Gasteiger partial charge in [-0.3, -0.25) is 4.55 Å². The normalized spacial score (nSPS) is 12.1. The summed E-state index contributed by atoms with van der Waals surface area (Å²) in [4.78, 5) is 7.53. The number of hydrogen-bond donors (Lipinski definition) is 2. The number of nitrogens with zero attached hydrogens (tertiary/aromatic N) is 1. The lowest BCUT2D eigenvalue weighted by atomic mass is 10.1. The third-order valence-corrected chi connectivity index (χ3v) is 5.42. The van der Waals surface area contributed by atoms with Crippen LogP contribution in [0.2, 0.25) is 0 Å². The molecule has 6 heteroatoms. The highest BCUT2D eigenvalue weighted by Gasteiger charge is 2.11. The maximum atomic E-state index is 11.2. The maximum absolute atomic E-state index is 11.2. The van der Waals surface area contributed by atoms with Gasteiger partial charge in [-0.1, -0.05) is 64.7 Å². The van der Waals surface area contributed by atoms with Crippen LogP contribution in [0.5, 0.6) is 0 Å². The van der Waals surface area contributed by atoms with E-state index in [2.05, 4.69) is 16.9 Å². The van der Waals surface area contributed by atoms with Crippen LogP contribution in [0.3, 0.4) is 0 Å². The molecular formula is C19H30N2O3S. The van der Waals surface area contributed by atoms with Gasteiger partial charge >= 0.3 is 0 Å². The highest BCUT2D eigenvalue weighted by Crippen LogP contribution is 2.18. The van der Waals surface area contributed by atoms with E-state index in [9.17, 15) is 8.42 Å². The Morgan fingerprint density at radius 3 is 2.16 bits per heavy atom. The van der Waals surface area contributed by atoms with Gasteiger partial charge < -0.3 is 4.98 Å². The largest absolute Gasteiger partial charge is 0.342 e. The molecule has 0 unspecified atom stereocenters. The highest BCUT2D eigenvalue weighted by molar-refractivity contribution is 7.85. The third-order valence-electron chi connectivity index (χ3n) is 4.57. The summed E-state index contributed by atoms with van der Waals surface area (Å²) in [7, 11) is -4.17. The zero-order valence-electron chi connectivity index (χ0n) is 15.1. The summed E-state index contributed by atoms with van der Waals surface area (Å²) in [6, 6.07) is 4.43. The van der Waals surface area contributed by atoms with Crippen LogP contribution in [0.15, 0.2) is 23.1 Å². The molecule has 0 atom stereocenters. The lowest BCUT2D eigenvalue weighted by molar-refractivity contribution is 0.483. The molecule has 0 bridgehead atoms. The van der Waals surface area contributed by atoms with Gasteiger partial charge in [-0.05, 0) is 24.6 Å². The van der Waals surface area contributed by atoms with E-state index in [1.807, 2.05) is 0 Å². The molecule has 0 aliphatic carbocycles. The molecule has 0 saturated heterocycles. The zero-order valence-corrected chi connectivity index (χ0v) is 15.9. The van der Waals surface area contributed by atoms with Crippen molar-refractivity contribution in [1.82, 2.24) is 9.97 Å². The predicted octanol–water partition coefficient (Wildman–Crippen LogP) is 5.27. The van der Waals surface area contributed by atoms with Gasteiger partial charge in [0.25, 0.3) is 10.1 Å². The summed E-state index contributed by atoms with van der Waals surface area (Å²) >= 11 is 0. The molecule has 0 aliphatic rings. The molecule has 25 heavy (non-hydrogen) atoms. The van der Waals surface area contributed by atoms with E-state index in [-0.39, 0.29) is 4.90 Å². The van der Waals surface area contributed by atoms with E-state index in [1.165, 1.54) is 69.9 Å². The Balaban J connectivity index is 1.68. The lowest BCUT2D eigenvalue weighted by Gasteiger charge is -2.01. The SMILES string of the molecule is CCCCCCCCCCCCc1nc2ccc(S(=O)(=O)O)cc2[nH]1. The molecule has 0 fully saturated rings. The van der Waals surface area contributed by atoms with Crippen LogP contribution < -0.4 is 0 Å². The number of rotatable bonds is 12. The first-order valence-electron chi connectivity index (χ1n) is 9.47. The van der Waals surface area contributed by atoms with E-state index in [4.69, 9.17) is 4.55 Å². The molecule has 0 radical (unpaired) electrons. The standard InChI is InChI=1S/C19H30N2O3S/c1-2-3-4-5-6-7-8-9-10-11-12-19-20-17-14-13-16(25(22,23)24)15-18(17)21-19/h13-15H,2-12H2,1H3,(H,20,21)(H,22,23,24). The van der Waals surface area contributed by atoms with Gasteiger partial charge in [0, 0.05) is 6.42 Å². The minimum absolute atomic E-state index is 0.103. The predicted molar refractivity (Wildman–Crippen MR) is 101 cm³/mol. The topological polar surface area (TPSA) is 83.1 Å². The number of nitrogens with one attached hydrogen (secondary N) is 1. The minimum Gasteiger partial charge on any atom is -0.342 e. The fourth-order valence-corrected chi connectivity index (χ4v) is 3.61. The van der Waals surface area contributed by atoms with Crippen molar-refractivity contribution in [3.8, 4) is 0 Å². The molecule has 2 aromatic rings. The first kappa shape index (κ1) is 19.9. The molecule has 140 valence electrons. The number of aromatic amines is 1. The molecule has 1 aromatic heterocycles. The fourth-order valence-electron chi connectivity index (χ4n) is 3.10. The van der Waals surface area contributed by atoms with Crippen LogP contribution in [0, 0.1) is 0 Å². The van der Waals surface area contributed by atoms with Crippen LogP contribution in [0.25, 0.3) is 11.0 Å². The zero-order chi connectivity index (χ0) is 18.1. The van der Waals surface area contributed by atoms with E-state index in [0.717, 1.165) is 24.2 Å². The number of H-pyrrole nitrogens is 1. The summed E-state index contributed by atoms with van der Waals surface area (Å²) in [5, 5.41) is 0. The molecule has 0 amide bonds. The third kappa shape index (κ3) is 6.78. The summed E-state index contributed by atoms with van der Waals surface area (Å²) in [5.41, 5.74) is 1.38. The molecule has 1 heterocycles. The summed E-state index contributed by atoms with van der Waals surface area (Å²) in [6.07, 6.45) is 13.8. The second-order valence-corrected chi connectivity index (χ2v) is 8.19. The van der Waals surface area contributed by atoms with Gasteiger partial charge in [-0.2, -0.15) is 8.42 Å². The molecule has 2 rings (SSSR count). The molecule has 1 aromatic carbocycles. The molecule has 2 N–H and O–H groups in total. The van der Waals surface area contributed by atoms with Crippen molar-refractivity contribution in [2.24, 2.45) is 0 Å². The van der Waals surface area contributed by atoms with Crippen LogP contribution in [0.1, 0.15) is 77.0 Å². The number of imidazole rings is 1. The Morgan fingerprint density at radius 1 is 0.960 bits per heavy atom. The monoisotopic (exact) mass is 366 g/mol. The number of fused-ring (bicyclic) bond motifs is 1. The van der Waals surface area contributed by atoms with Crippen LogP contribution in [-0.2, 0) is 16.5 Å². The van der Waals surface area contributed by atoms with Crippen molar-refractivity contribution in [2.75, 3.05) is 0 Å². The van der Waals surface area contributed by atoms with Gasteiger partial charge in [0.1, 0.15) is 5.82 Å². The van der Waals surface area contributed by atoms with Crippen molar-refractivity contribution >= 4 is 21.2 Å². The highest BCUT2D eigenvalue weighted by atomic mass is 32.2. The summed E-state index contributed by atoms with van der Waals surface area (Å²) in [6.45, 7) is 2.25. The van der Waals surface area contributed by atoms with Gasteiger partial charge in [-0.25, -0.2) is 4.98 Å². The number of aromatic nitrogens is 2. The van der Waals surface area contributed by atoms with Crippen molar-refractivity contribution in [3.05, 3.63) is 24.0 Å². The summed E-state index contributed by atoms with van der Waals surface area (Å²) in [5.74, 6) is 0.877. The van der Waals surface area contributed by atoms with Crippen LogP contribution >= 0.6 is 0 Å². The van der Waals surface area contributed by atoms with Crippen molar-refractivity contribution in [1.29, 1.82) is 0 Å². The maximum Gasteiger partial charge on any atom is 0.294 e. The second-order valence-electron chi connectivity index (χ2n) is 6.77. The van der Waals surface area contributed by atoms with Gasteiger partial charge in [0.2, 0.25) is 0 Å². The fraction of sp³-hybridized carbons (Fsp3) is 0.632. The van der Waals surface area contributed by atoms with Crippen LogP contribution in [0.4, 0.5) is 0 Å². The van der Waals surface area contributed by atoms with E-state index >= 15 is 0 Å². The molecular weight excluding hydrogens is 336 g/mol. The summed E-state index contributed by atoms with van der Waals surface area (Å²) < 4.78 is 31.4. The van der Waals surface area contributed by atoms with E-state index < -0.39 is 10.1 Å². The van der Waals surface area contributed by atoms with Crippen LogP contribution in [-0.4, -0.2) is 22.9 Å². The molecule has 0 spiro atoms. The first-order valence-corrected chi connectivity index (χ1v) is 10.9. The van der Waals surface area contributed by atoms with Crippen molar-refractivity contribution < 1.29 is 13.0 Å². The van der Waals surface area contributed by atoms with Gasteiger partial charge in [-0.15, -0.1) is 0 Å². The number of aryl methyl sites for hydroxylation is 1. The number of unbranched alkanes of at least 4 members (excludes halogenated alkanes) is 9. The molecule has 0 saturated carbocycles. The van der Waals surface area contributed by atoms with Gasteiger partial charge in [0.05, 0.1) is 15.9 Å². The Labute approximate surface area is 151 Å². The quantitative estimate of drug-likeness (QED) is 0.396. The van der Waals surface area contributed by atoms with Crippen molar-refractivity contribution in [2.45, 2.75) is 82.4 Å².